The van der Waals surface area contributed by atoms with Crippen molar-refractivity contribution in [2.75, 3.05) is 10.6 Å². The fourth-order valence-corrected chi connectivity index (χ4v) is 3.11. The maximum atomic E-state index is 12.5. The van der Waals surface area contributed by atoms with Gasteiger partial charge in [-0.2, -0.15) is 0 Å². The molecule has 0 unspecified atom stereocenters. The van der Waals surface area contributed by atoms with Gasteiger partial charge in [-0.05, 0) is 32.9 Å². The van der Waals surface area contributed by atoms with E-state index in [-0.39, 0.29) is 22.2 Å². The molecule has 1 aromatic heterocycles. The van der Waals surface area contributed by atoms with Crippen LogP contribution in [0.1, 0.15) is 57.6 Å². The number of carbonyl (C=O) groups is 1. The van der Waals surface area contributed by atoms with Crippen molar-refractivity contribution >= 4 is 33.8 Å². The van der Waals surface area contributed by atoms with Crippen LogP contribution in [0.2, 0.25) is 0 Å². The number of nitrogens with zero attached hydrogens (tertiary/aromatic N) is 2. The molecule has 0 radical (unpaired) electrons. The molecule has 8 heteroatoms. The Bertz CT molecular complexity index is 832. The van der Waals surface area contributed by atoms with Crippen molar-refractivity contribution in [3.05, 3.63) is 45.0 Å². The molecule has 140 valence electrons. The van der Waals surface area contributed by atoms with E-state index in [1.165, 1.54) is 17.4 Å². The number of nitro groups is 1. The van der Waals surface area contributed by atoms with Crippen molar-refractivity contribution in [3.8, 4) is 0 Å². The second-order valence-corrected chi connectivity index (χ2v) is 8.96. The number of amides is 1. The Morgan fingerprint density at radius 2 is 1.85 bits per heavy atom. The second kappa shape index (κ2) is 7.03. The van der Waals surface area contributed by atoms with Gasteiger partial charge in [-0.25, -0.2) is 4.98 Å². The molecule has 0 saturated heterocycles. The van der Waals surface area contributed by atoms with Crippen molar-refractivity contribution in [2.45, 2.75) is 52.5 Å². The smallest absolute Gasteiger partial charge is 0.293 e. The first kappa shape index (κ1) is 19.8. The van der Waals surface area contributed by atoms with Crippen molar-refractivity contribution in [1.82, 2.24) is 4.98 Å². The van der Waals surface area contributed by atoms with E-state index in [9.17, 15) is 14.9 Å². The lowest BCUT2D eigenvalue weighted by Gasteiger charge is -2.22. The average molecular weight is 376 g/mol. The molecular formula is C18H24N4O3S. The number of benzene rings is 1. The molecule has 1 amide bonds. The Hall–Kier alpha value is -2.48. The van der Waals surface area contributed by atoms with Crippen molar-refractivity contribution in [1.29, 1.82) is 0 Å². The van der Waals surface area contributed by atoms with E-state index >= 15 is 0 Å². The van der Waals surface area contributed by atoms with Gasteiger partial charge in [0.25, 0.3) is 11.6 Å². The predicted molar refractivity (Wildman–Crippen MR) is 105 cm³/mol. The first-order valence-corrected chi connectivity index (χ1v) is 9.09. The molecule has 1 heterocycles. The predicted octanol–water partition coefficient (Wildman–Crippen LogP) is 4.81. The van der Waals surface area contributed by atoms with Crippen LogP contribution in [0.4, 0.5) is 16.5 Å². The van der Waals surface area contributed by atoms with Gasteiger partial charge in [-0.3, -0.25) is 20.2 Å². The number of thiazole rings is 1. The summed E-state index contributed by atoms with van der Waals surface area (Å²) in [6, 6.07) is 4.40. The van der Waals surface area contributed by atoms with Crippen molar-refractivity contribution < 1.29 is 9.72 Å². The Morgan fingerprint density at radius 3 is 2.35 bits per heavy atom. The highest BCUT2D eigenvalue weighted by Crippen LogP contribution is 2.30. The van der Waals surface area contributed by atoms with E-state index in [0.717, 1.165) is 5.69 Å². The molecule has 0 spiro atoms. The van der Waals surface area contributed by atoms with Gasteiger partial charge in [0.2, 0.25) is 0 Å². The van der Waals surface area contributed by atoms with Crippen molar-refractivity contribution in [3.63, 3.8) is 0 Å². The topological polar surface area (TPSA) is 97.2 Å². The highest BCUT2D eigenvalue weighted by Gasteiger charge is 2.22. The Labute approximate surface area is 157 Å². The molecule has 0 aliphatic heterocycles. The van der Waals surface area contributed by atoms with Gasteiger partial charge in [-0.15, -0.1) is 11.3 Å². The molecule has 2 aromatic rings. The molecule has 26 heavy (non-hydrogen) atoms. The maximum Gasteiger partial charge on any atom is 0.293 e. The Morgan fingerprint density at radius 1 is 1.19 bits per heavy atom. The molecule has 2 N–H and O–H groups in total. The quantitative estimate of drug-likeness (QED) is 0.589. The standard InChI is InChI=1S/C18H24N4O3S/c1-17(2,3)14-10-26-16(19-14)20-15(23)11-7-8-12(21-18(4,5)6)13(9-11)22(24)25/h7-10,21H,1-6H3,(H,19,20,23). The van der Waals surface area contributed by atoms with Crippen LogP contribution in [0.5, 0.6) is 0 Å². The van der Waals surface area contributed by atoms with Crippen LogP contribution in [-0.2, 0) is 5.41 Å². The van der Waals surface area contributed by atoms with Crippen molar-refractivity contribution in [2.24, 2.45) is 0 Å². The Balaban J connectivity index is 2.25. The summed E-state index contributed by atoms with van der Waals surface area (Å²) in [5.41, 5.74) is 0.889. The molecule has 0 saturated carbocycles. The summed E-state index contributed by atoms with van der Waals surface area (Å²) in [5.74, 6) is -0.426. The van der Waals surface area contributed by atoms with Gasteiger partial charge in [-0.1, -0.05) is 20.8 Å². The normalized spacial score (nSPS) is 11.9. The largest absolute Gasteiger partial charge is 0.375 e. The Kier molecular flexibility index (Phi) is 5.36. The first-order chi connectivity index (χ1) is 11.9. The summed E-state index contributed by atoms with van der Waals surface area (Å²) in [6.07, 6.45) is 0. The van der Waals surface area contributed by atoms with E-state index in [2.05, 4.69) is 15.6 Å². The number of rotatable bonds is 4. The summed E-state index contributed by atoms with van der Waals surface area (Å²) in [5, 5.41) is 19.5. The molecule has 7 nitrogen and oxygen atoms in total. The lowest BCUT2D eigenvalue weighted by atomic mass is 9.93. The molecule has 0 fully saturated rings. The maximum absolute atomic E-state index is 12.5. The number of hydrogen-bond donors (Lipinski definition) is 2. The van der Waals surface area contributed by atoms with Gasteiger partial charge in [0.15, 0.2) is 5.13 Å². The molecule has 0 bridgehead atoms. The van der Waals surface area contributed by atoms with E-state index < -0.39 is 10.8 Å². The molecular weight excluding hydrogens is 352 g/mol. The molecule has 1 aromatic carbocycles. The van der Waals surface area contributed by atoms with Gasteiger partial charge in [0, 0.05) is 28.0 Å². The minimum absolute atomic E-state index is 0.113. The number of nitrogens with one attached hydrogen (secondary N) is 2. The molecule has 0 aliphatic rings. The average Bonchev–Trinajstić information content (AvgIpc) is 2.94. The monoisotopic (exact) mass is 376 g/mol. The lowest BCUT2D eigenvalue weighted by molar-refractivity contribution is -0.384. The highest BCUT2D eigenvalue weighted by atomic mass is 32.1. The van der Waals surface area contributed by atoms with Crippen LogP contribution < -0.4 is 10.6 Å². The van der Waals surface area contributed by atoms with Crippen LogP contribution in [0, 0.1) is 10.1 Å². The molecule has 0 aliphatic carbocycles. The third kappa shape index (κ3) is 5.01. The van der Waals surface area contributed by atoms with Gasteiger partial charge in [0.05, 0.1) is 10.6 Å². The van der Waals surface area contributed by atoms with Crippen LogP contribution in [0.25, 0.3) is 0 Å². The van der Waals surface area contributed by atoms with E-state index in [4.69, 9.17) is 0 Å². The minimum Gasteiger partial charge on any atom is -0.375 e. The third-order valence-corrected chi connectivity index (χ3v) is 4.22. The van der Waals surface area contributed by atoms with E-state index in [1.54, 1.807) is 12.1 Å². The van der Waals surface area contributed by atoms with Gasteiger partial charge >= 0.3 is 0 Å². The summed E-state index contributed by atoms with van der Waals surface area (Å²) in [6.45, 7) is 11.8. The SMILES string of the molecule is CC(C)(C)Nc1ccc(C(=O)Nc2nc(C(C)(C)C)cs2)cc1[N+](=O)[O-]. The summed E-state index contributed by atoms with van der Waals surface area (Å²) < 4.78 is 0. The number of nitro benzene ring substituents is 1. The fourth-order valence-electron chi connectivity index (χ4n) is 2.18. The summed E-state index contributed by atoms with van der Waals surface area (Å²) >= 11 is 1.33. The lowest BCUT2D eigenvalue weighted by Crippen LogP contribution is -2.26. The number of anilines is 2. The second-order valence-electron chi connectivity index (χ2n) is 8.11. The zero-order chi connectivity index (χ0) is 19.7. The molecule has 2 rings (SSSR count). The van der Waals surface area contributed by atoms with Gasteiger partial charge in [0.1, 0.15) is 5.69 Å². The first-order valence-electron chi connectivity index (χ1n) is 8.21. The minimum atomic E-state index is -0.494. The van der Waals surface area contributed by atoms with Gasteiger partial charge < -0.3 is 5.32 Å². The van der Waals surface area contributed by atoms with Crippen LogP contribution in [-0.4, -0.2) is 21.4 Å². The number of aromatic nitrogens is 1. The zero-order valence-corrected chi connectivity index (χ0v) is 16.7. The molecule has 0 atom stereocenters. The van der Waals surface area contributed by atoms with Crippen LogP contribution >= 0.6 is 11.3 Å². The zero-order valence-electron chi connectivity index (χ0n) is 15.8. The fraction of sp³-hybridized carbons (Fsp3) is 0.444. The van der Waals surface area contributed by atoms with E-state index in [1.807, 2.05) is 46.9 Å². The van der Waals surface area contributed by atoms with Crippen LogP contribution in [0.3, 0.4) is 0 Å². The van der Waals surface area contributed by atoms with Crippen LogP contribution in [0.15, 0.2) is 23.6 Å². The highest BCUT2D eigenvalue weighted by molar-refractivity contribution is 7.14. The summed E-state index contributed by atoms with van der Waals surface area (Å²) in [4.78, 5) is 27.8. The van der Waals surface area contributed by atoms with E-state index in [0.29, 0.717) is 10.8 Å². The third-order valence-electron chi connectivity index (χ3n) is 3.46. The number of carbonyl (C=O) groups excluding carboxylic acids is 1. The number of hydrogen-bond acceptors (Lipinski definition) is 6. The summed E-state index contributed by atoms with van der Waals surface area (Å²) in [7, 11) is 0.